The summed E-state index contributed by atoms with van der Waals surface area (Å²) in [5.41, 5.74) is -0.414. The molecule has 9 heteroatoms. The van der Waals surface area contributed by atoms with Crippen molar-refractivity contribution in [1.82, 2.24) is 9.80 Å². The fourth-order valence-electron chi connectivity index (χ4n) is 3.56. The molecular formula is C18H19F2N3O4. The molecule has 1 N–H and O–H groups in total. The van der Waals surface area contributed by atoms with E-state index in [1.54, 1.807) is 0 Å². The summed E-state index contributed by atoms with van der Waals surface area (Å²) in [6.45, 7) is 1.16. The number of nitrogens with one attached hydrogen (secondary N) is 1. The van der Waals surface area contributed by atoms with Crippen molar-refractivity contribution in [2.24, 2.45) is 5.92 Å². The fourth-order valence-corrected chi connectivity index (χ4v) is 3.56. The van der Waals surface area contributed by atoms with E-state index in [9.17, 15) is 28.0 Å². The van der Waals surface area contributed by atoms with Crippen LogP contribution in [0.25, 0.3) is 0 Å². The summed E-state index contributed by atoms with van der Waals surface area (Å²) < 4.78 is 26.8. The minimum atomic E-state index is -1.09. The lowest BCUT2D eigenvalue weighted by atomic mass is 9.85. The molecule has 0 unspecified atom stereocenters. The van der Waals surface area contributed by atoms with E-state index in [2.05, 4.69) is 5.32 Å². The van der Waals surface area contributed by atoms with Gasteiger partial charge in [-0.25, -0.2) is 18.5 Å². The molecule has 2 aliphatic rings. The monoisotopic (exact) mass is 379 g/mol. The number of benzene rings is 1. The number of hydrogen-bond acceptors (Lipinski definition) is 4. The first-order valence-corrected chi connectivity index (χ1v) is 8.73. The van der Waals surface area contributed by atoms with E-state index in [0.717, 1.165) is 42.4 Å². The first kappa shape index (κ1) is 18.9. The van der Waals surface area contributed by atoms with E-state index >= 15 is 0 Å². The zero-order chi connectivity index (χ0) is 19.7. The number of carbonyl (C=O) groups excluding carboxylic acids is 4. The van der Waals surface area contributed by atoms with Gasteiger partial charge in [0, 0.05) is 12.1 Å². The molecule has 0 radical (unpaired) electrons. The van der Waals surface area contributed by atoms with Gasteiger partial charge in [-0.2, -0.15) is 0 Å². The van der Waals surface area contributed by atoms with Gasteiger partial charge in [-0.3, -0.25) is 19.3 Å². The topological polar surface area (TPSA) is 86.8 Å². The number of urea groups is 1. The molecule has 0 bridgehead atoms. The van der Waals surface area contributed by atoms with Gasteiger partial charge < -0.3 is 5.32 Å². The van der Waals surface area contributed by atoms with Gasteiger partial charge in [0.05, 0.1) is 5.69 Å². The van der Waals surface area contributed by atoms with Crippen molar-refractivity contribution in [3.63, 3.8) is 0 Å². The van der Waals surface area contributed by atoms with E-state index in [-0.39, 0.29) is 12.0 Å². The van der Waals surface area contributed by atoms with Crippen LogP contribution in [0.2, 0.25) is 0 Å². The predicted molar refractivity (Wildman–Crippen MR) is 90.4 cm³/mol. The van der Waals surface area contributed by atoms with E-state index in [1.807, 2.05) is 6.92 Å². The Balaban J connectivity index is 1.72. The first-order valence-electron chi connectivity index (χ1n) is 8.73. The van der Waals surface area contributed by atoms with E-state index in [0.29, 0.717) is 11.3 Å². The highest BCUT2D eigenvalue weighted by Gasteiger charge is 2.49. The molecule has 1 aromatic rings. The molecule has 0 aromatic heterocycles. The van der Waals surface area contributed by atoms with E-state index in [4.69, 9.17) is 0 Å². The van der Waals surface area contributed by atoms with Gasteiger partial charge in [0.1, 0.15) is 18.2 Å². The SMILES string of the molecule is C[C@@H]1CCCC[C@@H]1N1C(=O)C(=O)N(CC(=O)Nc2cc(F)ccc2F)C1=O. The maximum Gasteiger partial charge on any atom is 0.334 e. The van der Waals surface area contributed by atoms with Crippen molar-refractivity contribution in [1.29, 1.82) is 0 Å². The van der Waals surface area contributed by atoms with Crippen LogP contribution >= 0.6 is 0 Å². The van der Waals surface area contributed by atoms with Crippen LogP contribution < -0.4 is 5.32 Å². The molecule has 5 amide bonds. The Hall–Kier alpha value is -2.84. The van der Waals surface area contributed by atoms with Gasteiger partial charge in [0.25, 0.3) is 0 Å². The van der Waals surface area contributed by atoms with Crippen LogP contribution in [0.15, 0.2) is 18.2 Å². The average molecular weight is 379 g/mol. The standard InChI is InChI=1S/C18H19F2N3O4/c1-10-4-2-3-5-14(10)23-17(26)16(25)22(18(23)27)9-15(24)21-13-8-11(19)6-7-12(13)20/h6-8,10,14H,2-5,9H2,1H3,(H,21,24)/t10-,14+/m1/s1. The van der Waals surface area contributed by atoms with Crippen LogP contribution in [-0.2, 0) is 14.4 Å². The highest BCUT2D eigenvalue weighted by atomic mass is 19.1. The largest absolute Gasteiger partial charge is 0.334 e. The average Bonchev–Trinajstić information content (AvgIpc) is 2.82. The van der Waals surface area contributed by atoms with E-state index in [1.165, 1.54) is 0 Å². The number of amides is 5. The van der Waals surface area contributed by atoms with Crippen LogP contribution in [0.3, 0.4) is 0 Å². The second kappa shape index (κ2) is 7.42. The highest BCUT2D eigenvalue weighted by molar-refractivity contribution is 6.45. The Bertz CT molecular complexity index is 814. The summed E-state index contributed by atoms with van der Waals surface area (Å²) in [6.07, 6.45) is 3.29. The normalized spacial score (nSPS) is 23.1. The molecule has 1 aliphatic heterocycles. The molecule has 3 rings (SSSR count). The van der Waals surface area contributed by atoms with Crippen molar-refractivity contribution in [2.75, 3.05) is 11.9 Å². The smallest absolute Gasteiger partial charge is 0.322 e. The highest BCUT2D eigenvalue weighted by Crippen LogP contribution is 2.31. The quantitative estimate of drug-likeness (QED) is 0.642. The van der Waals surface area contributed by atoms with Crippen molar-refractivity contribution in [2.45, 2.75) is 38.6 Å². The minimum absolute atomic E-state index is 0.0645. The molecule has 7 nitrogen and oxygen atoms in total. The molecule has 144 valence electrons. The molecule has 1 saturated carbocycles. The second-order valence-corrected chi connectivity index (χ2v) is 6.85. The molecule has 2 atom stereocenters. The lowest BCUT2D eigenvalue weighted by molar-refractivity contribution is -0.145. The molecule has 27 heavy (non-hydrogen) atoms. The van der Waals surface area contributed by atoms with Crippen molar-refractivity contribution < 1.29 is 28.0 Å². The van der Waals surface area contributed by atoms with Crippen LogP contribution in [0.4, 0.5) is 19.3 Å². The number of rotatable bonds is 4. The van der Waals surface area contributed by atoms with Crippen molar-refractivity contribution in [3.8, 4) is 0 Å². The van der Waals surface area contributed by atoms with Crippen LogP contribution in [0.5, 0.6) is 0 Å². The molecule has 0 spiro atoms. The summed E-state index contributed by atoms with van der Waals surface area (Å²) in [6, 6.07) is 1.28. The molecular weight excluding hydrogens is 360 g/mol. The maximum absolute atomic E-state index is 13.6. The Kier molecular flexibility index (Phi) is 5.20. The van der Waals surface area contributed by atoms with Gasteiger partial charge in [0.15, 0.2) is 0 Å². The van der Waals surface area contributed by atoms with Gasteiger partial charge in [0.2, 0.25) is 5.91 Å². The van der Waals surface area contributed by atoms with Crippen molar-refractivity contribution in [3.05, 3.63) is 29.8 Å². The predicted octanol–water partition coefficient (Wildman–Crippen LogP) is 2.27. The molecule has 1 aromatic carbocycles. The summed E-state index contributed by atoms with van der Waals surface area (Å²) >= 11 is 0. The number of imide groups is 2. The summed E-state index contributed by atoms with van der Waals surface area (Å²) in [4.78, 5) is 50.6. The molecule has 2 fully saturated rings. The third-order valence-corrected chi connectivity index (χ3v) is 4.99. The number of hydrogen-bond donors (Lipinski definition) is 1. The first-order chi connectivity index (χ1) is 12.8. The summed E-state index contributed by atoms with van der Waals surface area (Å²) in [5, 5.41) is 2.11. The zero-order valence-corrected chi connectivity index (χ0v) is 14.7. The lowest BCUT2D eigenvalue weighted by Crippen LogP contribution is -2.46. The van der Waals surface area contributed by atoms with Gasteiger partial charge in [-0.05, 0) is 30.9 Å². The maximum atomic E-state index is 13.6. The van der Waals surface area contributed by atoms with Gasteiger partial charge in [-0.15, -0.1) is 0 Å². The molecule has 1 aliphatic carbocycles. The Morgan fingerprint density at radius 1 is 1.15 bits per heavy atom. The fraction of sp³-hybridized carbons (Fsp3) is 0.444. The van der Waals surface area contributed by atoms with Gasteiger partial charge in [-0.1, -0.05) is 19.8 Å². The number of halogens is 2. The number of anilines is 1. The van der Waals surface area contributed by atoms with Crippen LogP contribution in [0, 0.1) is 17.6 Å². The lowest BCUT2D eigenvalue weighted by Gasteiger charge is -2.34. The molecule has 1 saturated heterocycles. The number of nitrogens with zero attached hydrogens (tertiary/aromatic N) is 2. The Morgan fingerprint density at radius 3 is 2.56 bits per heavy atom. The summed E-state index contributed by atoms with van der Waals surface area (Å²) in [5.74, 6) is -4.51. The molecule has 1 heterocycles. The Labute approximate surface area is 154 Å². The minimum Gasteiger partial charge on any atom is -0.322 e. The Morgan fingerprint density at radius 2 is 1.85 bits per heavy atom. The van der Waals surface area contributed by atoms with E-state index < -0.39 is 47.6 Å². The number of carbonyl (C=O) groups is 4. The third kappa shape index (κ3) is 3.67. The van der Waals surface area contributed by atoms with Gasteiger partial charge >= 0.3 is 17.8 Å². The van der Waals surface area contributed by atoms with Crippen LogP contribution in [0.1, 0.15) is 32.6 Å². The van der Waals surface area contributed by atoms with Crippen LogP contribution in [-0.4, -0.2) is 46.1 Å². The zero-order valence-electron chi connectivity index (χ0n) is 14.7. The second-order valence-electron chi connectivity index (χ2n) is 6.85. The summed E-state index contributed by atoms with van der Waals surface area (Å²) in [7, 11) is 0. The third-order valence-electron chi connectivity index (χ3n) is 4.99. The van der Waals surface area contributed by atoms with Crippen molar-refractivity contribution >= 4 is 29.4 Å².